The molecule has 0 amide bonds. The van der Waals surface area contributed by atoms with E-state index < -0.39 is 0 Å². The summed E-state index contributed by atoms with van der Waals surface area (Å²) < 4.78 is 5.62. The molecule has 0 saturated carbocycles. The van der Waals surface area contributed by atoms with E-state index in [1.807, 2.05) is 19.1 Å². The van der Waals surface area contributed by atoms with Crippen LogP contribution in [0.4, 0.5) is 0 Å². The maximum atomic E-state index is 6.11. The molecule has 17 heavy (non-hydrogen) atoms. The third kappa shape index (κ3) is 2.83. The summed E-state index contributed by atoms with van der Waals surface area (Å²) in [4.78, 5) is 0. The van der Waals surface area contributed by atoms with Crippen LogP contribution < -0.4 is 5.73 Å². The first-order valence-electron chi connectivity index (χ1n) is 5.40. The normalized spacial score (nSPS) is 12.7. The molecular formula is C13H13Cl2NO. The Balaban J connectivity index is 2.32. The molecule has 2 aromatic rings. The molecule has 90 valence electrons. The number of furan rings is 1. The molecule has 1 heterocycles. The molecule has 0 fully saturated rings. The molecule has 0 aliphatic heterocycles. The maximum Gasteiger partial charge on any atom is 0.125 e. The van der Waals surface area contributed by atoms with Crippen LogP contribution in [0, 0.1) is 0 Å². The van der Waals surface area contributed by atoms with Crippen molar-refractivity contribution in [3.8, 4) is 0 Å². The lowest BCUT2D eigenvalue weighted by atomic mass is 10.1. The Labute approximate surface area is 110 Å². The molecule has 2 nitrogen and oxygen atoms in total. The third-order valence-electron chi connectivity index (χ3n) is 2.58. The van der Waals surface area contributed by atoms with Gasteiger partial charge in [-0.1, -0.05) is 30.1 Å². The van der Waals surface area contributed by atoms with E-state index in [1.165, 1.54) is 0 Å². The summed E-state index contributed by atoms with van der Waals surface area (Å²) in [5.74, 6) is 1.64. The molecule has 0 aliphatic rings. The molecule has 2 rings (SSSR count). The molecule has 4 heteroatoms. The van der Waals surface area contributed by atoms with E-state index in [9.17, 15) is 0 Å². The molecule has 2 N–H and O–H groups in total. The zero-order valence-electron chi connectivity index (χ0n) is 9.41. The summed E-state index contributed by atoms with van der Waals surface area (Å²) in [6.45, 7) is 2.03. The van der Waals surface area contributed by atoms with Gasteiger partial charge in [-0.15, -0.1) is 0 Å². The summed E-state index contributed by atoms with van der Waals surface area (Å²) in [7, 11) is 0. The van der Waals surface area contributed by atoms with Crippen LogP contribution in [0.3, 0.4) is 0 Å². The molecule has 1 aromatic heterocycles. The van der Waals surface area contributed by atoms with E-state index in [0.29, 0.717) is 10.0 Å². The number of rotatable bonds is 3. The number of hydrogen-bond acceptors (Lipinski definition) is 2. The second-order valence-corrected chi connectivity index (χ2v) is 4.71. The zero-order chi connectivity index (χ0) is 12.4. The molecule has 0 saturated heterocycles. The summed E-state index contributed by atoms with van der Waals surface area (Å²) in [5.41, 5.74) is 6.96. The Morgan fingerprint density at radius 3 is 2.35 bits per heavy atom. The van der Waals surface area contributed by atoms with Crippen LogP contribution in [-0.2, 0) is 6.42 Å². The summed E-state index contributed by atoms with van der Waals surface area (Å²) in [5, 5.41) is 1.15. The van der Waals surface area contributed by atoms with Gasteiger partial charge in [-0.2, -0.15) is 0 Å². The van der Waals surface area contributed by atoms with Crippen molar-refractivity contribution in [2.45, 2.75) is 19.4 Å². The van der Waals surface area contributed by atoms with Crippen LogP contribution in [0.25, 0.3) is 0 Å². The first-order chi connectivity index (χ1) is 8.10. The first kappa shape index (κ1) is 12.5. The van der Waals surface area contributed by atoms with Crippen molar-refractivity contribution in [2.75, 3.05) is 0 Å². The van der Waals surface area contributed by atoms with Gasteiger partial charge in [0.15, 0.2) is 0 Å². The van der Waals surface area contributed by atoms with Crippen molar-refractivity contribution in [3.63, 3.8) is 0 Å². The van der Waals surface area contributed by atoms with E-state index in [1.54, 1.807) is 18.2 Å². The average Bonchev–Trinajstić information content (AvgIpc) is 2.75. The number of aryl methyl sites for hydroxylation is 1. The van der Waals surface area contributed by atoms with E-state index in [4.69, 9.17) is 33.4 Å². The van der Waals surface area contributed by atoms with Crippen molar-refractivity contribution in [3.05, 3.63) is 57.5 Å². The van der Waals surface area contributed by atoms with Gasteiger partial charge in [0.2, 0.25) is 0 Å². The van der Waals surface area contributed by atoms with Crippen LogP contribution in [0.15, 0.2) is 34.7 Å². The molecule has 1 unspecified atom stereocenters. The quantitative estimate of drug-likeness (QED) is 0.907. The molecule has 0 spiro atoms. The van der Waals surface area contributed by atoms with Crippen LogP contribution in [0.1, 0.15) is 30.0 Å². The highest BCUT2D eigenvalue weighted by molar-refractivity contribution is 6.34. The Bertz CT molecular complexity index is 502. The highest BCUT2D eigenvalue weighted by Gasteiger charge is 2.14. The van der Waals surface area contributed by atoms with E-state index in [2.05, 4.69) is 0 Å². The van der Waals surface area contributed by atoms with Gasteiger partial charge in [-0.25, -0.2) is 0 Å². The molecule has 1 aromatic carbocycles. The lowest BCUT2D eigenvalue weighted by molar-refractivity contribution is 0.454. The van der Waals surface area contributed by atoms with Gasteiger partial charge in [0.05, 0.1) is 6.04 Å². The van der Waals surface area contributed by atoms with Gasteiger partial charge in [-0.3, -0.25) is 0 Å². The number of hydrogen-bond donors (Lipinski definition) is 1. The minimum atomic E-state index is -0.341. The molecule has 0 radical (unpaired) electrons. The van der Waals surface area contributed by atoms with Gasteiger partial charge in [0.25, 0.3) is 0 Å². The largest absolute Gasteiger partial charge is 0.464 e. The Morgan fingerprint density at radius 1 is 1.18 bits per heavy atom. The Kier molecular flexibility index (Phi) is 3.77. The molecule has 0 bridgehead atoms. The van der Waals surface area contributed by atoms with Crippen LogP contribution in [-0.4, -0.2) is 0 Å². The summed E-state index contributed by atoms with van der Waals surface area (Å²) in [6.07, 6.45) is 0.850. The first-order valence-corrected chi connectivity index (χ1v) is 6.16. The van der Waals surface area contributed by atoms with Gasteiger partial charge in [0.1, 0.15) is 11.5 Å². The summed E-state index contributed by atoms with van der Waals surface area (Å²) in [6, 6.07) is 8.75. The predicted octanol–water partition coefficient (Wildman–Crippen LogP) is 4.20. The topological polar surface area (TPSA) is 39.2 Å². The maximum absolute atomic E-state index is 6.11. The fourth-order valence-electron chi connectivity index (χ4n) is 1.67. The predicted molar refractivity (Wildman–Crippen MR) is 70.6 cm³/mol. The second-order valence-electron chi connectivity index (χ2n) is 3.84. The van der Waals surface area contributed by atoms with Crippen molar-refractivity contribution in [2.24, 2.45) is 5.73 Å². The lowest BCUT2D eigenvalue weighted by Gasteiger charge is -2.10. The third-order valence-corrected chi connectivity index (χ3v) is 3.02. The molecule has 1 atom stereocenters. The van der Waals surface area contributed by atoms with Crippen molar-refractivity contribution in [1.82, 2.24) is 0 Å². The minimum absolute atomic E-state index is 0.341. The monoisotopic (exact) mass is 269 g/mol. The lowest BCUT2D eigenvalue weighted by Crippen LogP contribution is -2.10. The standard InChI is InChI=1S/C13H13Cl2NO/c1-2-11-3-4-12(17-11)13(16)8-5-9(14)7-10(15)6-8/h3-7,13H,2,16H2,1H3. The Morgan fingerprint density at radius 2 is 1.82 bits per heavy atom. The van der Waals surface area contributed by atoms with Crippen LogP contribution in [0.2, 0.25) is 10.0 Å². The molecule has 0 aliphatic carbocycles. The van der Waals surface area contributed by atoms with Crippen LogP contribution in [0.5, 0.6) is 0 Å². The van der Waals surface area contributed by atoms with Crippen molar-refractivity contribution >= 4 is 23.2 Å². The van der Waals surface area contributed by atoms with Gasteiger partial charge in [0, 0.05) is 16.5 Å². The Hall–Kier alpha value is -0.960. The van der Waals surface area contributed by atoms with E-state index in [-0.39, 0.29) is 6.04 Å². The van der Waals surface area contributed by atoms with Gasteiger partial charge >= 0.3 is 0 Å². The number of benzene rings is 1. The van der Waals surface area contributed by atoms with Crippen LogP contribution >= 0.6 is 23.2 Å². The summed E-state index contributed by atoms with van der Waals surface area (Å²) >= 11 is 11.9. The highest BCUT2D eigenvalue weighted by Crippen LogP contribution is 2.27. The minimum Gasteiger partial charge on any atom is -0.464 e. The fraction of sp³-hybridized carbons (Fsp3) is 0.231. The van der Waals surface area contributed by atoms with Crippen molar-refractivity contribution in [1.29, 1.82) is 0 Å². The zero-order valence-corrected chi connectivity index (χ0v) is 10.9. The number of nitrogens with two attached hydrogens (primary N) is 1. The number of halogens is 2. The fourth-order valence-corrected chi connectivity index (χ4v) is 2.21. The average molecular weight is 270 g/mol. The van der Waals surface area contributed by atoms with E-state index in [0.717, 1.165) is 23.5 Å². The second kappa shape index (κ2) is 5.13. The van der Waals surface area contributed by atoms with Gasteiger partial charge < -0.3 is 10.2 Å². The van der Waals surface area contributed by atoms with Gasteiger partial charge in [-0.05, 0) is 35.9 Å². The SMILES string of the molecule is CCc1ccc(C(N)c2cc(Cl)cc(Cl)c2)o1. The highest BCUT2D eigenvalue weighted by atomic mass is 35.5. The molecular weight excluding hydrogens is 257 g/mol. The smallest absolute Gasteiger partial charge is 0.125 e. The van der Waals surface area contributed by atoms with E-state index >= 15 is 0 Å². The van der Waals surface area contributed by atoms with Crippen molar-refractivity contribution < 1.29 is 4.42 Å².